The van der Waals surface area contributed by atoms with Crippen LogP contribution in [0.2, 0.25) is 5.02 Å². The quantitative estimate of drug-likeness (QED) is 0.465. The van der Waals surface area contributed by atoms with Gasteiger partial charge in [0.25, 0.3) is 5.56 Å². The number of hydrogen-bond donors (Lipinski definition) is 2. The maximum atomic E-state index is 12.6. The Kier molecular flexibility index (Phi) is 3.45. The summed E-state index contributed by atoms with van der Waals surface area (Å²) in [6, 6.07) is 15.5. The average Bonchev–Trinajstić information content (AvgIpc) is 3.31. The van der Waals surface area contributed by atoms with Crippen molar-refractivity contribution in [2.75, 3.05) is 0 Å². The molecule has 5 rings (SSSR count). The van der Waals surface area contributed by atoms with Gasteiger partial charge in [-0.15, -0.1) is 0 Å². The van der Waals surface area contributed by atoms with Crippen LogP contribution < -0.4 is 5.56 Å². The first-order chi connectivity index (χ1) is 13.1. The smallest absolute Gasteiger partial charge is 0.252 e. The molecule has 5 nitrogen and oxygen atoms in total. The molecule has 0 aliphatic rings. The zero-order valence-electron chi connectivity index (χ0n) is 14.5. The van der Waals surface area contributed by atoms with Gasteiger partial charge in [-0.1, -0.05) is 23.7 Å². The van der Waals surface area contributed by atoms with E-state index in [0.717, 1.165) is 38.8 Å². The summed E-state index contributed by atoms with van der Waals surface area (Å²) < 4.78 is 1.80. The van der Waals surface area contributed by atoms with Crippen molar-refractivity contribution in [2.45, 2.75) is 6.92 Å². The number of aromatic nitrogens is 4. The summed E-state index contributed by atoms with van der Waals surface area (Å²) in [6.45, 7) is 1.84. The van der Waals surface area contributed by atoms with Gasteiger partial charge >= 0.3 is 0 Å². The highest BCUT2D eigenvalue weighted by molar-refractivity contribution is 6.31. The normalized spacial score (nSPS) is 11.5. The number of nitrogens with zero attached hydrogens (tertiary/aromatic N) is 2. The fraction of sp³-hybridized carbons (Fsp3) is 0.0476. The minimum Gasteiger partial charge on any atom is -0.353 e. The minimum atomic E-state index is -0.108. The third-order valence-corrected chi connectivity index (χ3v) is 5.10. The Balaban J connectivity index is 1.85. The molecule has 5 aromatic rings. The van der Waals surface area contributed by atoms with E-state index in [-0.39, 0.29) is 5.56 Å². The summed E-state index contributed by atoms with van der Waals surface area (Å²) in [5.41, 5.74) is 5.92. The second kappa shape index (κ2) is 5.86. The van der Waals surface area contributed by atoms with E-state index in [1.54, 1.807) is 10.9 Å². The number of halogens is 1. The number of H-pyrrole nitrogens is 2. The molecule has 0 aliphatic heterocycles. The molecule has 2 N–H and O–H groups in total. The number of hydrogen-bond acceptors (Lipinski definition) is 2. The highest BCUT2D eigenvalue weighted by Crippen LogP contribution is 2.34. The monoisotopic (exact) mass is 374 g/mol. The third kappa shape index (κ3) is 2.47. The van der Waals surface area contributed by atoms with E-state index in [4.69, 9.17) is 11.6 Å². The molecule has 3 aromatic heterocycles. The van der Waals surface area contributed by atoms with Crippen molar-refractivity contribution in [1.29, 1.82) is 0 Å². The number of benzene rings is 2. The number of fused-ring (bicyclic) bond motifs is 3. The molecule has 27 heavy (non-hydrogen) atoms. The predicted octanol–water partition coefficient (Wildman–Crippen LogP) is 4.82. The highest BCUT2D eigenvalue weighted by atomic mass is 35.5. The van der Waals surface area contributed by atoms with E-state index in [9.17, 15) is 4.79 Å². The third-order valence-electron chi connectivity index (χ3n) is 4.87. The van der Waals surface area contributed by atoms with Crippen LogP contribution in [0.25, 0.3) is 38.8 Å². The number of pyridine rings is 1. The first kappa shape index (κ1) is 15.9. The zero-order valence-corrected chi connectivity index (χ0v) is 15.2. The Labute approximate surface area is 159 Å². The minimum absolute atomic E-state index is 0.108. The van der Waals surface area contributed by atoms with E-state index in [2.05, 4.69) is 15.1 Å². The van der Waals surface area contributed by atoms with Crippen LogP contribution >= 0.6 is 11.6 Å². The van der Waals surface area contributed by atoms with Crippen LogP contribution in [0.3, 0.4) is 0 Å². The second-order valence-corrected chi connectivity index (χ2v) is 6.96. The summed E-state index contributed by atoms with van der Waals surface area (Å²) in [5.74, 6) is 0. The molecule has 0 fully saturated rings. The molecule has 0 saturated heterocycles. The zero-order chi connectivity index (χ0) is 18.5. The highest BCUT2D eigenvalue weighted by Gasteiger charge is 2.16. The maximum Gasteiger partial charge on any atom is 0.252 e. The van der Waals surface area contributed by atoms with E-state index >= 15 is 0 Å². The van der Waals surface area contributed by atoms with Crippen molar-refractivity contribution in [3.8, 4) is 16.8 Å². The molecule has 0 spiro atoms. The largest absolute Gasteiger partial charge is 0.353 e. The Morgan fingerprint density at radius 3 is 2.74 bits per heavy atom. The van der Waals surface area contributed by atoms with Gasteiger partial charge in [0.05, 0.1) is 16.7 Å². The van der Waals surface area contributed by atoms with E-state index in [1.807, 2.05) is 61.7 Å². The van der Waals surface area contributed by atoms with Gasteiger partial charge in [0.2, 0.25) is 0 Å². The Bertz CT molecular complexity index is 1360. The van der Waals surface area contributed by atoms with Gasteiger partial charge in [-0.05, 0) is 48.9 Å². The first-order valence-electron chi connectivity index (χ1n) is 8.56. The first-order valence-corrected chi connectivity index (χ1v) is 8.94. The Morgan fingerprint density at radius 1 is 1.04 bits per heavy atom. The predicted molar refractivity (Wildman–Crippen MR) is 109 cm³/mol. The van der Waals surface area contributed by atoms with Gasteiger partial charge in [-0.25, -0.2) is 4.68 Å². The van der Waals surface area contributed by atoms with Gasteiger partial charge < -0.3 is 9.97 Å². The van der Waals surface area contributed by atoms with Gasteiger partial charge in [-0.3, -0.25) is 4.79 Å². The summed E-state index contributed by atoms with van der Waals surface area (Å²) in [6.07, 6.45) is 3.63. The molecule has 132 valence electrons. The SMILES string of the molecule is Cc1c(-c2cccc(-n3cccn3)c2)c2[nH]c3ccc(Cl)cc3c2[nH]c1=O. The average molecular weight is 375 g/mol. The molecule has 0 unspecified atom stereocenters. The van der Waals surface area contributed by atoms with Crippen LogP contribution in [0.4, 0.5) is 0 Å². The molecule has 0 aliphatic carbocycles. The van der Waals surface area contributed by atoms with Gasteiger partial charge in [0.15, 0.2) is 0 Å². The van der Waals surface area contributed by atoms with Gasteiger partial charge in [0.1, 0.15) is 0 Å². The van der Waals surface area contributed by atoms with Crippen LogP contribution in [-0.4, -0.2) is 19.7 Å². The lowest BCUT2D eigenvalue weighted by Gasteiger charge is -2.10. The summed E-state index contributed by atoms with van der Waals surface area (Å²) in [7, 11) is 0. The van der Waals surface area contributed by atoms with Crippen molar-refractivity contribution in [2.24, 2.45) is 0 Å². The Morgan fingerprint density at radius 2 is 1.93 bits per heavy atom. The summed E-state index contributed by atoms with van der Waals surface area (Å²) in [4.78, 5) is 19.1. The standard InChI is InChI=1S/C21H15ClN4O/c1-12-18(13-4-2-5-15(10-13)26-9-3-8-23-26)20-19(25-21(12)27)16-11-14(22)6-7-17(16)24-20/h2-11,24H,1H3,(H,25,27). The molecular formula is C21H15ClN4O. The van der Waals surface area contributed by atoms with E-state index < -0.39 is 0 Å². The van der Waals surface area contributed by atoms with Crippen LogP contribution in [0, 0.1) is 6.92 Å². The van der Waals surface area contributed by atoms with Gasteiger partial charge in [0, 0.05) is 39.4 Å². The van der Waals surface area contributed by atoms with Gasteiger partial charge in [-0.2, -0.15) is 5.10 Å². The second-order valence-electron chi connectivity index (χ2n) is 6.52. The van der Waals surface area contributed by atoms with E-state index in [1.165, 1.54) is 0 Å². The fourth-order valence-electron chi connectivity index (χ4n) is 3.58. The molecule has 2 aromatic carbocycles. The van der Waals surface area contributed by atoms with Crippen LogP contribution in [0.5, 0.6) is 0 Å². The van der Waals surface area contributed by atoms with Crippen LogP contribution in [-0.2, 0) is 0 Å². The molecule has 0 saturated carbocycles. The lowest BCUT2D eigenvalue weighted by Crippen LogP contribution is -2.11. The molecule has 0 amide bonds. The molecule has 0 radical (unpaired) electrons. The summed E-state index contributed by atoms with van der Waals surface area (Å²) >= 11 is 6.17. The van der Waals surface area contributed by atoms with Crippen LogP contribution in [0.1, 0.15) is 5.56 Å². The van der Waals surface area contributed by atoms with Crippen molar-refractivity contribution < 1.29 is 0 Å². The van der Waals surface area contributed by atoms with Crippen molar-refractivity contribution in [3.63, 3.8) is 0 Å². The maximum absolute atomic E-state index is 12.6. The number of rotatable bonds is 2. The lowest BCUT2D eigenvalue weighted by atomic mass is 10.00. The Hall–Kier alpha value is -3.31. The fourth-order valence-corrected chi connectivity index (χ4v) is 3.75. The van der Waals surface area contributed by atoms with Crippen molar-refractivity contribution in [1.82, 2.24) is 19.7 Å². The lowest BCUT2D eigenvalue weighted by molar-refractivity contribution is 0.881. The van der Waals surface area contributed by atoms with Crippen molar-refractivity contribution >= 4 is 33.5 Å². The summed E-state index contributed by atoms with van der Waals surface area (Å²) in [5, 5.41) is 5.83. The number of nitrogens with one attached hydrogen (secondary N) is 2. The molecule has 0 bridgehead atoms. The molecule has 0 atom stereocenters. The van der Waals surface area contributed by atoms with Crippen molar-refractivity contribution in [3.05, 3.63) is 81.9 Å². The molecule has 6 heteroatoms. The number of aromatic amines is 2. The van der Waals surface area contributed by atoms with E-state index in [0.29, 0.717) is 10.6 Å². The molecule has 3 heterocycles. The molecular weight excluding hydrogens is 360 g/mol. The van der Waals surface area contributed by atoms with Crippen LogP contribution in [0.15, 0.2) is 65.7 Å². The topological polar surface area (TPSA) is 66.5 Å².